The van der Waals surface area contributed by atoms with E-state index in [2.05, 4.69) is 5.92 Å². The fourth-order valence-electron chi connectivity index (χ4n) is 1.47. The summed E-state index contributed by atoms with van der Waals surface area (Å²) in [5, 5.41) is 0. The van der Waals surface area contributed by atoms with Crippen LogP contribution in [0.4, 0.5) is 9.18 Å². The lowest BCUT2D eigenvalue weighted by atomic mass is 10.1. The molecule has 0 heterocycles. The van der Waals surface area contributed by atoms with Gasteiger partial charge in [0.15, 0.2) is 11.5 Å². The van der Waals surface area contributed by atoms with Gasteiger partial charge in [-0.25, -0.2) is 4.79 Å². The van der Waals surface area contributed by atoms with Gasteiger partial charge in [0, 0.05) is 19.0 Å². The minimum Gasteiger partial charge on any atom is -0.490 e. The van der Waals surface area contributed by atoms with E-state index in [0.717, 1.165) is 0 Å². The highest BCUT2D eigenvalue weighted by Gasteiger charge is 2.25. The Bertz CT molecular complexity index is 558. The smallest absolute Gasteiger partial charge is 0.415 e. The Morgan fingerprint density at radius 1 is 1.36 bits per heavy atom. The van der Waals surface area contributed by atoms with E-state index < -0.39 is 17.4 Å². The molecule has 0 atom stereocenters. The molecule has 1 aromatic carbocycles. The number of carbonyl (C=O) groups excluding carboxylic acids is 1. The van der Waals surface area contributed by atoms with Crippen molar-refractivity contribution in [2.24, 2.45) is 0 Å². The van der Waals surface area contributed by atoms with Crippen molar-refractivity contribution in [2.75, 3.05) is 13.7 Å². The van der Waals surface area contributed by atoms with E-state index in [1.54, 1.807) is 13.1 Å². The molecule has 0 N–H and O–H groups in total. The summed E-state index contributed by atoms with van der Waals surface area (Å²) in [5.74, 6) is 1.67. The summed E-state index contributed by atoms with van der Waals surface area (Å²) in [6.07, 6.45) is 5.70. The minimum absolute atomic E-state index is 0.0423. The molecule has 22 heavy (non-hydrogen) atoms. The van der Waals surface area contributed by atoms with Crippen LogP contribution in [0.3, 0.4) is 0 Å². The number of nitrogens with zero attached hydrogens (tertiary/aromatic N) is 1. The van der Waals surface area contributed by atoms with Crippen molar-refractivity contribution < 1.29 is 18.7 Å². The van der Waals surface area contributed by atoms with Crippen molar-refractivity contribution in [3.05, 3.63) is 24.0 Å². The molecule has 0 fully saturated rings. The second-order valence-corrected chi connectivity index (χ2v) is 5.82. The zero-order valence-electron chi connectivity index (χ0n) is 13.5. The molecule has 0 radical (unpaired) electrons. The van der Waals surface area contributed by atoms with E-state index in [1.165, 1.54) is 17.0 Å². The molecule has 0 saturated carbocycles. The van der Waals surface area contributed by atoms with E-state index in [9.17, 15) is 9.18 Å². The zero-order valence-corrected chi connectivity index (χ0v) is 13.5. The molecule has 0 saturated heterocycles. The maximum atomic E-state index is 14.2. The van der Waals surface area contributed by atoms with Gasteiger partial charge in [-0.2, -0.15) is 4.39 Å². The van der Waals surface area contributed by atoms with E-state index in [0.29, 0.717) is 19.4 Å². The van der Waals surface area contributed by atoms with Crippen LogP contribution in [-0.2, 0) is 0 Å². The fraction of sp³-hybridized carbons (Fsp3) is 0.471. The summed E-state index contributed by atoms with van der Waals surface area (Å²) in [6, 6.07) is 4.44. The molecule has 0 bridgehead atoms. The molecule has 0 aliphatic heterocycles. The molecular formula is C17H22FNO3. The number of rotatable bonds is 5. The Labute approximate surface area is 131 Å². The Hall–Kier alpha value is -2.22. The molecule has 1 rings (SSSR count). The Kier molecular flexibility index (Phi) is 6.24. The molecule has 1 aromatic rings. The molecule has 1 amide bonds. The van der Waals surface area contributed by atoms with Crippen LogP contribution in [0, 0.1) is 18.2 Å². The predicted molar refractivity (Wildman–Crippen MR) is 83.5 cm³/mol. The number of terminal acetylenes is 1. The highest BCUT2D eigenvalue weighted by Crippen LogP contribution is 2.27. The standard InChI is InChI=1S/C17H22FNO3/c1-6-7-8-12-21-13-10-9-11-14(15(13)18)22-16(20)19(5)17(2,3)4/h1,9-11H,7-8,12H2,2-5H3. The van der Waals surface area contributed by atoms with Gasteiger partial charge in [0.05, 0.1) is 6.61 Å². The summed E-state index contributed by atoms with van der Waals surface area (Å²) >= 11 is 0. The number of unbranched alkanes of at least 4 members (excludes halogenated alkanes) is 1. The first-order valence-electron chi connectivity index (χ1n) is 7.07. The average molecular weight is 307 g/mol. The fourth-order valence-corrected chi connectivity index (χ4v) is 1.47. The van der Waals surface area contributed by atoms with Gasteiger partial charge in [-0.05, 0) is 39.3 Å². The summed E-state index contributed by atoms with van der Waals surface area (Å²) in [5.41, 5.74) is -0.420. The lowest BCUT2D eigenvalue weighted by molar-refractivity contribution is 0.122. The van der Waals surface area contributed by atoms with Gasteiger partial charge >= 0.3 is 6.09 Å². The Morgan fingerprint density at radius 2 is 2.00 bits per heavy atom. The lowest BCUT2D eigenvalue weighted by Crippen LogP contribution is -2.44. The van der Waals surface area contributed by atoms with Crippen molar-refractivity contribution in [1.82, 2.24) is 4.90 Å². The number of hydrogen-bond donors (Lipinski definition) is 0. The molecule has 0 unspecified atom stereocenters. The largest absolute Gasteiger partial charge is 0.490 e. The molecule has 0 aromatic heterocycles. The van der Waals surface area contributed by atoms with Gasteiger partial charge in [-0.15, -0.1) is 12.3 Å². The molecule has 4 nitrogen and oxygen atoms in total. The topological polar surface area (TPSA) is 38.8 Å². The van der Waals surface area contributed by atoms with E-state index >= 15 is 0 Å². The van der Waals surface area contributed by atoms with E-state index in [-0.39, 0.29) is 11.5 Å². The average Bonchev–Trinajstić information content (AvgIpc) is 2.45. The number of ether oxygens (including phenoxy) is 2. The van der Waals surface area contributed by atoms with Gasteiger partial charge < -0.3 is 14.4 Å². The SMILES string of the molecule is C#CCCCOc1cccc(OC(=O)N(C)C(C)(C)C)c1F. The number of hydrogen-bond acceptors (Lipinski definition) is 3. The highest BCUT2D eigenvalue weighted by atomic mass is 19.1. The molecule has 5 heteroatoms. The van der Waals surface area contributed by atoms with Crippen LogP contribution in [0.25, 0.3) is 0 Å². The second-order valence-electron chi connectivity index (χ2n) is 5.82. The Balaban J connectivity index is 2.76. The lowest BCUT2D eigenvalue weighted by Gasteiger charge is -2.30. The van der Waals surface area contributed by atoms with Crippen molar-refractivity contribution >= 4 is 6.09 Å². The zero-order chi connectivity index (χ0) is 16.8. The number of benzene rings is 1. The van der Waals surface area contributed by atoms with E-state index in [4.69, 9.17) is 15.9 Å². The third-order valence-corrected chi connectivity index (χ3v) is 3.13. The first-order chi connectivity index (χ1) is 10.3. The monoisotopic (exact) mass is 307 g/mol. The van der Waals surface area contributed by atoms with Crippen LogP contribution in [0.1, 0.15) is 33.6 Å². The minimum atomic E-state index is -0.695. The number of halogens is 1. The van der Waals surface area contributed by atoms with Crippen LogP contribution in [0.15, 0.2) is 18.2 Å². The second kappa shape index (κ2) is 7.69. The van der Waals surface area contributed by atoms with E-state index in [1.807, 2.05) is 20.8 Å². The van der Waals surface area contributed by atoms with Crippen LogP contribution >= 0.6 is 0 Å². The van der Waals surface area contributed by atoms with Gasteiger partial charge in [0.1, 0.15) is 0 Å². The quantitative estimate of drug-likeness (QED) is 0.612. The first-order valence-corrected chi connectivity index (χ1v) is 7.07. The molecule has 0 spiro atoms. The normalized spacial score (nSPS) is 10.7. The summed E-state index contributed by atoms with van der Waals surface area (Å²) in [7, 11) is 1.60. The van der Waals surface area contributed by atoms with Crippen molar-refractivity contribution in [3.8, 4) is 23.8 Å². The Morgan fingerprint density at radius 3 is 2.59 bits per heavy atom. The van der Waals surface area contributed by atoms with Gasteiger partial charge in [-0.1, -0.05) is 6.07 Å². The number of amides is 1. The van der Waals surface area contributed by atoms with Gasteiger partial charge in [-0.3, -0.25) is 0 Å². The van der Waals surface area contributed by atoms with Crippen LogP contribution in [0.2, 0.25) is 0 Å². The van der Waals surface area contributed by atoms with Crippen molar-refractivity contribution in [3.63, 3.8) is 0 Å². The van der Waals surface area contributed by atoms with Crippen LogP contribution < -0.4 is 9.47 Å². The molecule has 120 valence electrons. The molecular weight excluding hydrogens is 285 g/mol. The van der Waals surface area contributed by atoms with Crippen LogP contribution in [-0.4, -0.2) is 30.2 Å². The predicted octanol–water partition coefficient (Wildman–Crippen LogP) is 3.85. The maximum absolute atomic E-state index is 14.2. The number of carbonyl (C=O) groups is 1. The molecule has 0 aliphatic carbocycles. The first kappa shape index (κ1) is 17.8. The third-order valence-electron chi connectivity index (χ3n) is 3.13. The third kappa shape index (κ3) is 4.96. The van der Waals surface area contributed by atoms with Gasteiger partial charge in [0.25, 0.3) is 0 Å². The summed E-state index contributed by atoms with van der Waals surface area (Å²) in [6.45, 7) is 5.88. The molecule has 0 aliphatic rings. The summed E-state index contributed by atoms with van der Waals surface area (Å²) < 4.78 is 24.7. The van der Waals surface area contributed by atoms with Crippen LogP contribution in [0.5, 0.6) is 11.5 Å². The van der Waals surface area contributed by atoms with Gasteiger partial charge in [0.2, 0.25) is 5.82 Å². The summed E-state index contributed by atoms with van der Waals surface area (Å²) in [4.78, 5) is 13.4. The maximum Gasteiger partial charge on any atom is 0.415 e. The highest BCUT2D eigenvalue weighted by molar-refractivity contribution is 5.71. The van der Waals surface area contributed by atoms with Crippen molar-refractivity contribution in [1.29, 1.82) is 0 Å². The van der Waals surface area contributed by atoms with Crippen molar-refractivity contribution in [2.45, 2.75) is 39.2 Å².